The minimum Gasteiger partial charge on any atom is -0.325 e. The van der Waals surface area contributed by atoms with E-state index >= 15 is 0 Å². The van der Waals surface area contributed by atoms with Gasteiger partial charge in [-0.1, -0.05) is 36.7 Å². The molecule has 0 aliphatic rings. The van der Waals surface area contributed by atoms with Crippen LogP contribution in [0.15, 0.2) is 48.5 Å². The molecule has 0 fully saturated rings. The van der Waals surface area contributed by atoms with Crippen molar-refractivity contribution in [3.05, 3.63) is 65.2 Å². The molecule has 4 rings (SSSR count). The van der Waals surface area contributed by atoms with Gasteiger partial charge in [0.25, 0.3) is 0 Å². The number of rotatable bonds is 4. The fourth-order valence-electron chi connectivity index (χ4n) is 2.75. The Morgan fingerprint density at radius 2 is 1.88 bits per heavy atom. The van der Waals surface area contributed by atoms with E-state index in [2.05, 4.69) is 20.4 Å². The number of halogens is 1. The second-order valence-corrected chi connectivity index (χ2v) is 6.30. The van der Waals surface area contributed by atoms with Crippen LogP contribution in [0.4, 0.5) is 11.6 Å². The van der Waals surface area contributed by atoms with Crippen LogP contribution in [0.3, 0.4) is 0 Å². The van der Waals surface area contributed by atoms with E-state index in [9.17, 15) is 0 Å². The first-order chi connectivity index (χ1) is 12.6. The lowest BCUT2D eigenvalue weighted by atomic mass is 10.2. The highest BCUT2D eigenvalue weighted by Gasteiger charge is 2.11. The van der Waals surface area contributed by atoms with Gasteiger partial charge < -0.3 is 5.32 Å². The predicted molar refractivity (Wildman–Crippen MR) is 103 cm³/mol. The maximum Gasteiger partial charge on any atom is 0.156 e. The third kappa shape index (κ3) is 3.23. The SMILES string of the molecule is CCc1nc(Cl)cc(Nc2cc(C)nn2-c2ccc3ccccc3n2)n1. The summed E-state index contributed by atoms with van der Waals surface area (Å²) in [5.41, 5.74) is 1.79. The van der Waals surface area contributed by atoms with E-state index in [1.165, 1.54) is 0 Å². The highest BCUT2D eigenvalue weighted by Crippen LogP contribution is 2.22. The third-order valence-corrected chi connectivity index (χ3v) is 4.14. The Balaban J connectivity index is 1.75. The molecular formula is C19H17ClN6. The van der Waals surface area contributed by atoms with Gasteiger partial charge in [-0.05, 0) is 25.1 Å². The van der Waals surface area contributed by atoms with Gasteiger partial charge in [0.15, 0.2) is 5.82 Å². The average Bonchev–Trinajstić information content (AvgIpc) is 3.01. The van der Waals surface area contributed by atoms with Crippen molar-refractivity contribution in [2.75, 3.05) is 5.32 Å². The van der Waals surface area contributed by atoms with Gasteiger partial charge >= 0.3 is 0 Å². The zero-order valence-electron chi connectivity index (χ0n) is 14.4. The normalized spacial score (nSPS) is 11.0. The smallest absolute Gasteiger partial charge is 0.156 e. The molecule has 0 amide bonds. The number of fused-ring (bicyclic) bond motifs is 1. The summed E-state index contributed by atoms with van der Waals surface area (Å²) < 4.78 is 1.77. The Kier molecular flexibility index (Phi) is 4.26. The molecule has 7 heteroatoms. The molecule has 3 heterocycles. The minimum atomic E-state index is 0.408. The fourth-order valence-corrected chi connectivity index (χ4v) is 2.96. The van der Waals surface area contributed by atoms with Crippen molar-refractivity contribution in [2.45, 2.75) is 20.3 Å². The number of nitrogens with zero attached hydrogens (tertiary/aromatic N) is 5. The first-order valence-corrected chi connectivity index (χ1v) is 8.73. The first kappa shape index (κ1) is 16.5. The summed E-state index contributed by atoms with van der Waals surface area (Å²) in [5.74, 6) is 2.81. The first-order valence-electron chi connectivity index (χ1n) is 8.35. The molecule has 4 aromatic rings. The second-order valence-electron chi connectivity index (χ2n) is 5.92. The van der Waals surface area contributed by atoms with E-state index in [0.717, 1.165) is 28.2 Å². The molecule has 0 aliphatic heterocycles. The summed E-state index contributed by atoms with van der Waals surface area (Å²) in [5, 5.41) is 9.34. The van der Waals surface area contributed by atoms with Crippen LogP contribution >= 0.6 is 11.6 Å². The lowest BCUT2D eigenvalue weighted by molar-refractivity contribution is 0.842. The summed E-state index contributed by atoms with van der Waals surface area (Å²) in [7, 11) is 0. The lowest BCUT2D eigenvalue weighted by Gasteiger charge is -2.10. The zero-order valence-corrected chi connectivity index (χ0v) is 15.2. The van der Waals surface area contributed by atoms with Crippen LogP contribution in [0.1, 0.15) is 18.4 Å². The number of anilines is 2. The topological polar surface area (TPSA) is 68.5 Å². The summed E-state index contributed by atoms with van der Waals surface area (Å²) in [4.78, 5) is 13.4. The Bertz CT molecular complexity index is 1090. The molecule has 1 aromatic carbocycles. The number of hydrogen-bond acceptors (Lipinski definition) is 5. The molecule has 3 aromatic heterocycles. The van der Waals surface area contributed by atoms with E-state index in [-0.39, 0.29) is 0 Å². The molecule has 1 N–H and O–H groups in total. The van der Waals surface area contributed by atoms with E-state index in [4.69, 9.17) is 16.6 Å². The van der Waals surface area contributed by atoms with Crippen molar-refractivity contribution < 1.29 is 0 Å². The van der Waals surface area contributed by atoms with Crippen LogP contribution in [-0.4, -0.2) is 24.7 Å². The van der Waals surface area contributed by atoms with E-state index in [1.807, 2.05) is 56.3 Å². The van der Waals surface area contributed by atoms with Gasteiger partial charge in [0.2, 0.25) is 0 Å². The zero-order chi connectivity index (χ0) is 18.1. The number of nitrogens with one attached hydrogen (secondary N) is 1. The van der Waals surface area contributed by atoms with Crippen molar-refractivity contribution >= 4 is 34.1 Å². The molecule has 0 radical (unpaired) electrons. The molecular weight excluding hydrogens is 348 g/mol. The molecule has 0 unspecified atom stereocenters. The molecule has 0 saturated carbocycles. The molecule has 26 heavy (non-hydrogen) atoms. The third-order valence-electron chi connectivity index (χ3n) is 3.95. The van der Waals surface area contributed by atoms with Crippen LogP contribution in [0.2, 0.25) is 5.15 Å². The number of para-hydroxylation sites is 1. The quantitative estimate of drug-likeness (QED) is 0.541. The molecule has 0 bridgehead atoms. The summed E-state index contributed by atoms with van der Waals surface area (Å²) in [6.45, 7) is 3.93. The second kappa shape index (κ2) is 6.72. The predicted octanol–water partition coefficient (Wildman–Crippen LogP) is 4.48. The summed E-state index contributed by atoms with van der Waals surface area (Å²) in [6, 6.07) is 15.6. The van der Waals surface area contributed by atoms with Crippen molar-refractivity contribution in [3.8, 4) is 5.82 Å². The maximum absolute atomic E-state index is 6.10. The van der Waals surface area contributed by atoms with E-state index < -0.39 is 0 Å². The Morgan fingerprint density at radius 3 is 2.73 bits per heavy atom. The summed E-state index contributed by atoms with van der Waals surface area (Å²) in [6.07, 6.45) is 0.708. The highest BCUT2D eigenvalue weighted by atomic mass is 35.5. The number of hydrogen-bond donors (Lipinski definition) is 1. The maximum atomic E-state index is 6.10. The minimum absolute atomic E-state index is 0.408. The molecule has 0 atom stereocenters. The molecule has 0 spiro atoms. The monoisotopic (exact) mass is 364 g/mol. The van der Waals surface area contributed by atoms with Crippen LogP contribution in [0.5, 0.6) is 0 Å². The molecule has 0 saturated heterocycles. The number of aromatic nitrogens is 5. The van der Waals surface area contributed by atoms with Gasteiger partial charge in [-0.25, -0.2) is 15.0 Å². The Labute approximate surface area is 155 Å². The van der Waals surface area contributed by atoms with Gasteiger partial charge in [0, 0.05) is 23.9 Å². The van der Waals surface area contributed by atoms with Gasteiger partial charge in [0.05, 0.1) is 11.2 Å². The van der Waals surface area contributed by atoms with Gasteiger partial charge in [-0.3, -0.25) is 0 Å². The molecule has 0 aliphatic carbocycles. The van der Waals surface area contributed by atoms with Crippen LogP contribution in [0, 0.1) is 6.92 Å². The van der Waals surface area contributed by atoms with E-state index in [0.29, 0.717) is 23.2 Å². The number of aryl methyl sites for hydroxylation is 2. The van der Waals surface area contributed by atoms with Crippen molar-refractivity contribution in [1.29, 1.82) is 0 Å². The van der Waals surface area contributed by atoms with Gasteiger partial charge in [-0.2, -0.15) is 9.78 Å². The van der Waals surface area contributed by atoms with Crippen molar-refractivity contribution in [3.63, 3.8) is 0 Å². The molecule has 6 nitrogen and oxygen atoms in total. The average molecular weight is 365 g/mol. The molecule has 130 valence electrons. The van der Waals surface area contributed by atoms with Crippen LogP contribution in [0.25, 0.3) is 16.7 Å². The lowest BCUT2D eigenvalue weighted by Crippen LogP contribution is -2.06. The largest absolute Gasteiger partial charge is 0.325 e. The van der Waals surface area contributed by atoms with Crippen LogP contribution in [-0.2, 0) is 6.42 Å². The Morgan fingerprint density at radius 1 is 1.04 bits per heavy atom. The highest BCUT2D eigenvalue weighted by molar-refractivity contribution is 6.29. The van der Waals surface area contributed by atoms with Gasteiger partial charge in [-0.15, -0.1) is 0 Å². The number of pyridine rings is 1. The van der Waals surface area contributed by atoms with Crippen molar-refractivity contribution in [2.24, 2.45) is 0 Å². The summed E-state index contributed by atoms with van der Waals surface area (Å²) >= 11 is 6.10. The van der Waals surface area contributed by atoms with Crippen molar-refractivity contribution in [1.82, 2.24) is 24.7 Å². The van der Waals surface area contributed by atoms with Crippen LogP contribution < -0.4 is 5.32 Å². The Hall–Kier alpha value is -2.99. The van der Waals surface area contributed by atoms with Gasteiger partial charge in [0.1, 0.15) is 22.6 Å². The number of benzene rings is 1. The van der Waals surface area contributed by atoms with E-state index in [1.54, 1.807) is 10.7 Å². The fraction of sp³-hybridized carbons (Fsp3) is 0.158. The standard InChI is InChI=1S/C19H17ClN6/c1-3-16-22-15(20)11-17(23-16)24-19-10-12(2)25-26(19)18-9-8-13-6-4-5-7-14(13)21-18/h4-11H,3H2,1-2H3,(H,22,23,24).